The van der Waals surface area contributed by atoms with Gasteiger partial charge in [0.25, 0.3) is 0 Å². The maximum atomic E-state index is 9.58. The van der Waals surface area contributed by atoms with Crippen molar-refractivity contribution in [1.82, 2.24) is 9.55 Å². The van der Waals surface area contributed by atoms with Gasteiger partial charge < -0.3 is 19.9 Å². The second-order valence-electron chi connectivity index (χ2n) is 6.37. The number of ether oxygens (including phenoxy) is 2. The number of phenolic OH excluding ortho intramolecular Hbond substituents is 1. The molecule has 0 aliphatic rings. The van der Waals surface area contributed by atoms with Gasteiger partial charge in [0.15, 0.2) is 0 Å². The molecule has 0 amide bonds. The maximum absolute atomic E-state index is 9.58. The molecule has 2 N–H and O–H groups in total. The predicted molar refractivity (Wildman–Crippen MR) is 110 cm³/mol. The zero-order chi connectivity index (χ0) is 19.5. The Morgan fingerprint density at radius 1 is 1.00 bits per heavy atom. The van der Waals surface area contributed by atoms with Gasteiger partial charge in [0.05, 0.1) is 30.9 Å². The summed E-state index contributed by atoms with van der Waals surface area (Å²) in [6, 6.07) is 19.1. The molecule has 0 spiro atoms. The lowest BCUT2D eigenvalue weighted by atomic mass is 10.2. The molecular weight excluding hydrogens is 354 g/mol. The minimum Gasteiger partial charge on any atom is -0.508 e. The molecule has 1 heterocycles. The molecule has 0 fully saturated rings. The molecule has 28 heavy (non-hydrogen) atoms. The summed E-state index contributed by atoms with van der Waals surface area (Å²) in [6.07, 6.45) is 1.81. The van der Waals surface area contributed by atoms with Gasteiger partial charge in [-0.2, -0.15) is 0 Å². The third kappa shape index (κ3) is 3.44. The van der Waals surface area contributed by atoms with Crippen molar-refractivity contribution >= 4 is 16.7 Å². The highest BCUT2D eigenvalue weighted by atomic mass is 16.5. The van der Waals surface area contributed by atoms with Crippen LogP contribution in [0, 0.1) is 0 Å². The molecule has 0 saturated carbocycles. The highest BCUT2D eigenvalue weighted by molar-refractivity contribution is 5.81. The van der Waals surface area contributed by atoms with Crippen molar-refractivity contribution in [3.8, 4) is 22.9 Å². The Kier molecular flexibility index (Phi) is 4.76. The van der Waals surface area contributed by atoms with Gasteiger partial charge in [-0.1, -0.05) is 6.07 Å². The van der Waals surface area contributed by atoms with Crippen LogP contribution in [-0.2, 0) is 6.54 Å². The fourth-order valence-corrected chi connectivity index (χ4v) is 3.17. The van der Waals surface area contributed by atoms with Crippen molar-refractivity contribution in [1.29, 1.82) is 0 Å². The number of anilines is 1. The lowest BCUT2D eigenvalue weighted by Crippen LogP contribution is -2.01. The zero-order valence-electron chi connectivity index (χ0n) is 15.7. The van der Waals surface area contributed by atoms with Crippen molar-refractivity contribution in [3.63, 3.8) is 0 Å². The van der Waals surface area contributed by atoms with Gasteiger partial charge in [-0.25, -0.2) is 4.98 Å². The average Bonchev–Trinajstić information content (AvgIpc) is 3.16. The first kappa shape index (κ1) is 17.7. The van der Waals surface area contributed by atoms with E-state index in [9.17, 15) is 5.11 Å². The molecule has 1 aromatic heterocycles. The first-order valence-electron chi connectivity index (χ1n) is 8.89. The topological polar surface area (TPSA) is 68.5 Å². The monoisotopic (exact) mass is 375 g/mol. The SMILES string of the molecule is COc1cccc(-n2cnc3cc(NCc4ccc(O)cc4OC)ccc32)c1. The van der Waals surface area contributed by atoms with Gasteiger partial charge in [-0.05, 0) is 42.5 Å². The van der Waals surface area contributed by atoms with E-state index < -0.39 is 0 Å². The van der Waals surface area contributed by atoms with Crippen LogP contribution in [0.15, 0.2) is 67.0 Å². The van der Waals surface area contributed by atoms with Crippen molar-refractivity contribution in [2.75, 3.05) is 19.5 Å². The molecule has 142 valence electrons. The number of nitrogens with one attached hydrogen (secondary N) is 1. The van der Waals surface area contributed by atoms with Crippen molar-refractivity contribution in [2.24, 2.45) is 0 Å². The van der Waals surface area contributed by atoms with Crippen LogP contribution in [0.2, 0.25) is 0 Å². The number of methoxy groups -OCH3 is 2. The molecule has 0 aliphatic carbocycles. The number of benzene rings is 3. The zero-order valence-corrected chi connectivity index (χ0v) is 15.7. The molecular formula is C22H21N3O3. The lowest BCUT2D eigenvalue weighted by molar-refractivity contribution is 0.403. The van der Waals surface area contributed by atoms with E-state index >= 15 is 0 Å². The number of hydrogen-bond donors (Lipinski definition) is 2. The van der Waals surface area contributed by atoms with E-state index in [2.05, 4.69) is 10.3 Å². The number of rotatable bonds is 6. The van der Waals surface area contributed by atoms with E-state index in [0.717, 1.165) is 33.7 Å². The second-order valence-corrected chi connectivity index (χ2v) is 6.37. The minimum atomic E-state index is 0.185. The van der Waals surface area contributed by atoms with Gasteiger partial charge in [-0.15, -0.1) is 0 Å². The van der Waals surface area contributed by atoms with E-state index in [1.807, 2.05) is 59.4 Å². The Balaban J connectivity index is 1.58. The van der Waals surface area contributed by atoms with E-state index in [1.165, 1.54) is 0 Å². The molecule has 3 aromatic carbocycles. The standard InChI is InChI=1S/C22H21N3O3/c1-27-19-5-3-4-17(11-19)25-14-24-20-10-16(7-9-21(20)25)23-13-15-6-8-18(26)12-22(15)28-2/h3-12,14,23,26H,13H2,1-2H3. The van der Waals surface area contributed by atoms with Gasteiger partial charge in [-0.3, -0.25) is 4.57 Å². The average molecular weight is 375 g/mol. The Morgan fingerprint density at radius 2 is 1.89 bits per heavy atom. The molecule has 0 saturated heterocycles. The number of phenols is 1. The number of fused-ring (bicyclic) bond motifs is 1. The molecule has 0 atom stereocenters. The van der Waals surface area contributed by atoms with Gasteiger partial charge in [0.2, 0.25) is 0 Å². The Labute approximate surface area is 163 Å². The predicted octanol–water partition coefficient (Wildman–Crippen LogP) is 4.36. The summed E-state index contributed by atoms with van der Waals surface area (Å²) in [5, 5.41) is 13.0. The maximum Gasteiger partial charge on any atom is 0.127 e. The van der Waals surface area contributed by atoms with E-state index in [1.54, 1.807) is 26.4 Å². The van der Waals surface area contributed by atoms with Crippen LogP contribution < -0.4 is 14.8 Å². The summed E-state index contributed by atoms with van der Waals surface area (Å²) in [7, 11) is 3.25. The van der Waals surface area contributed by atoms with Crippen LogP contribution in [-0.4, -0.2) is 28.9 Å². The van der Waals surface area contributed by atoms with Crippen LogP contribution in [0.1, 0.15) is 5.56 Å². The van der Waals surface area contributed by atoms with Crippen LogP contribution in [0.4, 0.5) is 5.69 Å². The molecule has 6 heteroatoms. The Bertz CT molecular complexity index is 1120. The molecule has 4 rings (SSSR count). The molecule has 0 aliphatic heterocycles. The number of aromatic hydroxyl groups is 1. The van der Waals surface area contributed by atoms with E-state index in [0.29, 0.717) is 12.3 Å². The van der Waals surface area contributed by atoms with Crippen molar-refractivity contribution < 1.29 is 14.6 Å². The molecule has 0 bridgehead atoms. The smallest absolute Gasteiger partial charge is 0.127 e. The number of nitrogens with zero attached hydrogens (tertiary/aromatic N) is 2. The van der Waals surface area contributed by atoms with Crippen molar-refractivity contribution in [2.45, 2.75) is 6.54 Å². The van der Waals surface area contributed by atoms with E-state index in [-0.39, 0.29) is 5.75 Å². The summed E-state index contributed by atoms with van der Waals surface area (Å²) in [5.74, 6) is 1.64. The minimum absolute atomic E-state index is 0.185. The quantitative estimate of drug-likeness (QED) is 0.524. The first-order valence-corrected chi connectivity index (χ1v) is 8.89. The summed E-state index contributed by atoms with van der Waals surface area (Å²) in [6.45, 7) is 0.575. The van der Waals surface area contributed by atoms with Gasteiger partial charge in [0, 0.05) is 29.9 Å². The highest BCUT2D eigenvalue weighted by Crippen LogP contribution is 2.26. The molecule has 6 nitrogen and oxygen atoms in total. The molecule has 0 unspecified atom stereocenters. The second kappa shape index (κ2) is 7.52. The number of imidazole rings is 1. The van der Waals surface area contributed by atoms with Crippen LogP contribution >= 0.6 is 0 Å². The third-order valence-electron chi connectivity index (χ3n) is 4.63. The summed E-state index contributed by atoms with van der Waals surface area (Å²) >= 11 is 0. The van der Waals surface area contributed by atoms with Crippen LogP contribution in [0.25, 0.3) is 16.7 Å². The lowest BCUT2D eigenvalue weighted by Gasteiger charge is -2.11. The molecule has 0 radical (unpaired) electrons. The van der Waals surface area contributed by atoms with Crippen molar-refractivity contribution in [3.05, 3.63) is 72.6 Å². The third-order valence-corrected chi connectivity index (χ3v) is 4.63. The van der Waals surface area contributed by atoms with E-state index in [4.69, 9.17) is 9.47 Å². The van der Waals surface area contributed by atoms with Crippen LogP contribution in [0.3, 0.4) is 0 Å². The number of hydrogen-bond acceptors (Lipinski definition) is 5. The number of aromatic nitrogens is 2. The highest BCUT2D eigenvalue weighted by Gasteiger charge is 2.08. The van der Waals surface area contributed by atoms with Gasteiger partial charge in [0.1, 0.15) is 23.6 Å². The summed E-state index contributed by atoms with van der Waals surface area (Å²) < 4.78 is 12.7. The van der Waals surface area contributed by atoms with Crippen LogP contribution in [0.5, 0.6) is 17.2 Å². The normalized spacial score (nSPS) is 10.8. The molecule has 4 aromatic rings. The fourth-order valence-electron chi connectivity index (χ4n) is 3.17. The fraction of sp³-hybridized carbons (Fsp3) is 0.136. The van der Waals surface area contributed by atoms with Gasteiger partial charge >= 0.3 is 0 Å². The largest absolute Gasteiger partial charge is 0.508 e. The Hall–Kier alpha value is -3.67. The summed E-state index contributed by atoms with van der Waals surface area (Å²) in [4.78, 5) is 4.54. The first-order chi connectivity index (χ1) is 13.7. The Morgan fingerprint density at radius 3 is 2.71 bits per heavy atom. The summed E-state index contributed by atoms with van der Waals surface area (Å²) in [5.41, 5.74) is 4.82.